The van der Waals surface area contributed by atoms with Crippen molar-refractivity contribution in [2.24, 2.45) is 0 Å². The fourth-order valence-corrected chi connectivity index (χ4v) is 4.40. The molecule has 4 heteroatoms. The Labute approximate surface area is 157 Å². The third-order valence-electron chi connectivity index (χ3n) is 4.23. The van der Waals surface area contributed by atoms with Gasteiger partial charge in [-0.25, -0.2) is 4.79 Å². The molecule has 0 spiro atoms. The van der Waals surface area contributed by atoms with Crippen molar-refractivity contribution in [3.63, 3.8) is 0 Å². The second-order valence-corrected chi connectivity index (χ2v) is 7.04. The molecule has 0 aromatic heterocycles. The van der Waals surface area contributed by atoms with E-state index in [-0.39, 0.29) is 11.5 Å². The maximum absolute atomic E-state index is 11.2. The van der Waals surface area contributed by atoms with Gasteiger partial charge in [0.05, 0.1) is 4.75 Å². The number of carboxylic acid groups (broad SMARTS) is 1. The first-order valence-electron chi connectivity index (χ1n) is 8.26. The minimum atomic E-state index is -1.18. The van der Waals surface area contributed by atoms with Crippen LogP contribution in [0.5, 0.6) is 0 Å². The van der Waals surface area contributed by atoms with E-state index < -0.39 is 10.7 Å². The first-order chi connectivity index (χ1) is 12.6. The summed E-state index contributed by atoms with van der Waals surface area (Å²) in [6.07, 6.45) is 0. The predicted octanol–water partition coefficient (Wildman–Crippen LogP) is 4.82. The molecule has 3 nitrogen and oxygen atoms in total. The van der Waals surface area contributed by atoms with Crippen LogP contribution in [0, 0.1) is 5.41 Å². The van der Waals surface area contributed by atoms with Crippen LogP contribution in [-0.2, 0) is 9.54 Å². The second-order valence-electron chi connectivity index (χ2n) is 5.85. The summed E-state index contributed by atoms with van der Waals surface area (Å²) in [5.41, 5.74) is 2.86. The van der Waals surface area contributed by atoms with Crippen molar-refractivity contribution >= 4 is 23.4 Å². The number of nitrogens with one attached hydrogen (secondary N) is 1. The molecule has 2 N–H and O–H groups in total. The van der Waals surface area contributed by atoms with Crippen molar-refractivity contribution in [3.05, 3.63) is 108 Å². The molecule has 0 saturated heterocycles. The molecular formula is C22H19NO2S. The van der Waals surface area contributed by atoms with Crippen LogP contribution in [0.15, 0.2) is 91.0 Å². The van der Waals surface area contributed by atoms with E-state index in [1.54, 1.807) is 0 Å². The Morgan fingerprint density at radius 3 is 1.42 bits per heavy atom. The summed E-state index contributed by atoms with van der Waals surface area (Å²) in [5.74, 6) is -1.07. The molecule has 3 aromatic rings. The maximum Gasteiger partial charge on any atom is 0.350 e. The van der Waals surface area contributed by atoms with Crippen LogP contribution in [0.3, 0.4) is 0 Å². The van der Waals surface area contributed by atoms with Gasteiger partial charge in [0.25, 0.3) is 0 Å². The molecule has 0 saturated carbocycles. The van der Waals surface area contributed by atoms with E-state index in [4.69, 9.17) is 10.5 Å². The van der Waals surface area contributed by atoms with Crippen LogP contribution >= 0.6 is 11.8 Å². The number of carboxylic acids is 1. The van der Waals surface area contributed by atoms with Crippen molar-refractivity contribution < 1.29 is 9.90 Å². The minimum absolute atomic E-state index is 0.105. The van der Waals surface area contributed by atoms with E-state index in [2.05, 4.69) is 36.4 Å². The summed E-state index contributed by atoms with van der Waals surface area (Å²) in [6.45, 7) is 0. The van der Waals surface area contributed by atoms with Gasteiger partial charge in [-0.05, 0) is 16.7 Å². The van der Waals surface area contributed by atoms with Crippen molar-refractivity contribution in [1.82, 2.24) is 0 Å². The summed E-state index contributed by atoms with van der Waals surface area (Å²) in [4.78, 5) is 11.2. The molecule has 0 bridgehead atoms. The van der Waals surface area contributed by atoms with Gasteiger partial charge in [0, 0.05) is 5.75 Å². The Bertz CT molecular complexity index is 783. The molecule has 130 valence electrons. The molecule has 26 heavy (non-hydrogen) atoms. The quantitative estimate of drug-likeness (QED) is 0.469. The first kappa shape index (κ1) is 18.0. The normalized spacial score (nSPS) is 11.1. The van der Waals surface area contributed by atoms with Crippen molar-refractivity contribution in [1.29, 1.82) is 5.41 Å². The Kier molecular flexibility index (Phi) is 5.54. The standard InChI is InChI=1S/C22H19NO2S/c23-20(21(24)25)16-26-22(17-10-4-1-5-11-17,18-12-6-2-7-13-18)19-14-8-3-9-15-19/h1-15,23H,16H2,(H,24,25). The first-order valence-corrected chi connectivity index (χ1v) is 9.24. The van der Waals surface area contributed by atoms with Crippen molar-refractivity contribution in [2.75, 3.05) is 5.75 Å². The number of thioether (sulfide) groups is 1. The summed E-state index contributed by atoms with van der Waals surface area (Å²) < 4.78 is -0.592. The lowest BCUT2D eigenvalue weighted by atomic mass is 9.84. The molecule has 0 atom stereocenters. The number of carbonyl (C=O) groups is 1. The number of rotatable bonds is 7. The number of aliphatic carboxylic acids is 1. The second kappa shape index (κ2) is 8.02. The van der Waals surface area contributed by atoms with Crippen LogP contribution in [-0.4, -0.2) is 22.5 Å². The summed E-state index contributed by atoms with van der Waals surface area (Å²) >= 11 is 1.46. The highest BCUT2D eigenvalue weighted by Crippen LogP contribution is 2.48. The average molecular weight is 361 g/mol. The highest BCUT2D eigenvalue weighted by Gasteiger charge is 2.37. The Morgan fingerprint density at radius 2 is 1.12 bits per heavy atom. The smallest absolute Gasteiger partial charge is 0.350 e. The van der Waals surface area contributed by atoms with Gasteiger partial charge >= 0.3 is 5.97 Å². The molecule has 0 radical (unpaired) electrons. The molecule has 0 heterocycles. The summed E-state index contributed by atoms with van der Waals surface area (Å²) in [5, 5.41) is 16.9. The molecule has 0 aliphatic heterocycles. The van der Waals surface area contributed by atoms with Gasteiger partial charge in [0.15, 0.2) is 0 Å². The van der Waals surface area contributed by atoms with E-state index in [0.717, 1.165) is 16.7 Å². The molecule has 0 amide bonds. The lowest BCUT2D eigenvalue weighted by molar-refractivity contribution is -0.129. The molecular weight excluding hydrogens is 342 g/mol. The lowest BCUT2D eigenvalue weighted by Gasteiger charge is -2.35. The fourth-order valence-electron chi connectivity index (χ4n) is 3.01. The number of benzene rings is 3. The molecule has 0 aliphatic carbocycles. The van der Waals surface area contributed by atoms with E-state index in [1.807, 2.05) is 54.6 Å². The van der Waals surface area contributed by atoms with Crippen LogP contribution in [0.1, 0.15) is 16.7 Å². The minimum Gasteiger partial charge on any atom is -0.477 e. The lowest BCUT2D eigenvalue weighted by Crippen LogP contribution is -2.28. The van der Waals surface area contributed by atoms with E-state index in [9.17, 15) is 4.79 Å². The monoisotopic (exact) mass is 361 g/mol. The van der Waals surface area contributed by atoms with E-state index in [0.29, 0.717) is 0 Å². The van der Waals surface area contributed by atoms with Crippen LogP contribution in [0.4, 0.5) is 0 Å². The molecule has 3 aromatic carbocycles. The third kappa shape index (κ3) is 3.55. The molecule has 3 rings (SSSR count). The Balaban J connectivity index is 2.21. The zero-order valence-corrected chi connectivity index (χ0v) is 14.9. The zero-order valence-electron chi connectivity index (χ0n) is 14.1. The van der Waals surface area contributed by atoms with E-state index in [1.165, 1.54) is 11.8 Å². The van der Waals surface area contributed by atoms with Gasteiger partial charge in [0.2, 0.25) is 0 Å². The maximum atomic E-state index is 11.2. The summed E-state index contributed by atoms with van der Waals surface area (Å²) in [7, 11) is 0. The average Bonchev–Trinajstić information content (AvgIpc) is 2.70. The van der Waals surface area contributed by atoms with Crippen LogP contribution < -0.4 is 0 Å². The molecule has 0 aliphatic rings. The van der Waals surface area contributed by atoms with Crippen molar-refractivity contribution in [3.8, 4) is 0 Å². The van der Waals surface area contributed by atoms with Gasteiger partial charge in [0.1, 0.15) is 5.71 Å². The molecule has 0 fully saturated rings. The number of hydrogen-bond donors (Lipinski definition) is 2. The Morgan fingerprint density at radius 1 is 0.769 bits per heavy atom. The topological polar surface area (TPSA) is 61.2 Å². The summed E-state index contributed by atoms with van der Waals surface area (Å²) in [6, 6.07) is 30.1. The SMILES string of the molecule is N=C(CSC(c1ccccc1)(c1ccccc1)c1ccccc1)C(=O)O. The molecule has 0 unspecified atom stereocenters. The largest absolute Gasteiger partial charge is 0.477 e. The van der Waals surface area contributed by atoms with Crippen LogP contribution in [0.25, 0.3) is 0 Å². The Hall–Kier alpha value is -2.85. The van der Waals surface area contributed by atoms with Crippen molar-refractivity contribution in [2.45, 2.75) is 4.75 Å². The van der Waals surface area contributed by atoms with Gasteiger partial charge in [-0.15, -0.1) is 11.8 Å². The predicted molar refractivity (Wildman–Crippen MR) is 107 cm³/mol. The van der Waals surface area contributed by atoms with Gasteiger partial charge in [-0.1, -0.05) is 91.0 Å². The number of hydrogen-bond acceptors (Lipinski definition) is 3. The highest BCUT2D eigenvalue weighted by molar-refractivity contribution is 8.01. The van der Waals surface area contributed by atoms with Gasteiger partial charge < -0.3 is 5.11 Å². The highest BCUT2D eigenvalue weighted by atomic mass is 32.2. The fraction of sp³-hybridized carbons (Fsp3) is 0.0909. The zero-order chi connectivity index (χ0) is 18.4. The van der Waals surface area contributed by atoms with Gasteiger partial charge in [-0.2, -0.15) is 0 Å². The van der Waals surface area contributed by atoms with E-state index >= 15 is 0 Å². The third-order valence-corrected chi connectivity index (χ3v) is 5.81. The van der Waals surface area contributed by atoms with Crippen LogP contribution in [0.2, 0.25) is 0 Å². The van der Waals surface area contributed by atoms with Gasteiger partial charge in [-0.3, -0.25) is 5.41 Å².